The van der Waals surface area contributed by atoms with Crippen LogP contribution in [-0.4, -0.2) is 47.8 Å². The Morgan fingerprint density at radius 1 is 1.10 bits per heavy atom. The standard InChI is InChI=1S/C23H33N3O3/c1-5-23(3,4)24-21(28)17-10-12-25(13-11-17)22(29)18-14-20(27)26(15-18)19-8-6-16(2)7-9-19/h6-9,17-18H,5,10-15H2,1-4H3,(H,24,28)/t18-/m0/s1. The van der Waals surface area contributed by atoms with E-state index in [0.29, 0.717) is 32.5 Å². The molecule has 0 radical (unpaired) electrons. The Bertz CT molecular complexity index is 764. The summed E-state index contributed by atoms with van der Waals surface area (Å²) in [6.07, 6.45) is 2.50. The fourth-order valence-electron chi connectivity index (χ4n) is 3.99. The van der Waals surface area contributed by atoms with Crippen molar-refractivity contribution in [1.29, 1.82) is 0 Å². The Hall–Kier alpha value is -2.37. The van der Waals surface area contributed by atoms with Crippen LogP contribution in [0.3, 0.4) is 0 Å². The second-order valence-corrected chi connectivity index (χ2v) is 9.07. The highest BCUT2D eigenvalue weighted by Gasteiger charge is 2.38. The lowest BCUT2D eigenvalue weighted by Crippen LogP contribution is -2.49. The predicted molar refractivity (Wildman–Crippen MR) is 113 cm³/mol. The van der Waals surface area contributed by atoms with Gasteiger partial charge in [0.25, 0.3) is 0 Å². The van der Waals surface area contributed by atoms with Crippen molar-refractivity contribution in [3.63, 3.8) is 0 Å². The van der Waals surface area contributed by atoms with Crippen LogP contribution in [0.2, 0.25) is 0 Å². The Balaban J connectivity index is 1.54. The van der Waals surface area contributed by atoms with Crippen LogP contribution in [0, 0.1) is 18.8 Å². The van der Waals surface area contributed by atoms with Gasteiger partial charge >= 0.3 is 0 Å². The number of anilines is 1. The number of carbonyl (C=O) groups is 3. The zero-order valence-electron chi connectivity index (χ0n) is 18.0. The Morgan fingerprint density at radius 2 is 1.72 bits per heavy atom. The average Bonchev–Trinajstić information content (AvgIpc) is 3.09. The molecule has 2 fully saturated rings. The zero-order chi connectivity index (χ0) is 21.2. The van der Waals surface area contributed by atoms with Crippen molar-refractivity contribution in [2.75, 3.05) is 24.5 Å². The van der Waals surface area contributed by atoms with Gasteiger partial charge in [-0.25, -0.2) is 0 Å². The lowest BCUT2D eigenvalue weighted by Gasteiger charge is -2.34. The van der Waals surface area contributed by atoms with Crippen molar-refractivity contribution in [3.8, 4) is 0 Å². The van der Waals surface area contributed by atoms with Crippen molar-refractivity contribution < 1.29 is 14.4 Å². The molecule has 0 bridgehead atoms. The largest absolute Gasteiger partial charge is 0.351 e. The fraction of sp³-hybridized carbons (Fsp3) is 0.609. The highest BCUT2D eigenvalue weighted by Crippen LogP contribution is 2.28. The topological polar surface area (TPSA) is 69.7 Å². The van der Waals surface area contributed by atoms with Gasteiger partial charge in [-0.3, -0.25) is 14.4 Å². The van der Waals surface area contributed by atoms with Crippen molar-refractivity contribution in [2.45, 2.75) is 58.9 Å². The molecule has 6 heteroatoms. The van der Waals surface area contributed by atoms with Gasteiger partial charge in [0.05, 0.1) is 5.92 Å². The smallest absolute Gasteiger partial charge is 0.228 e. The maximum atomic E-state index is 13.0. The summed E-state index contributed by atoms with van der Waals surface area (Å²) in [6, 6.07) is 7.82. The van der Waals surface area contributed by atoms with E-state index in [1.165, 1.54) is 0 Å². The van der Waals surface area contributed by atoms with Gasteiger partial charge in [-0.15, -0.1) is 0 Å². The van der Waals surface area contributed by atoms with Gasteiger partial charge in [0.2, 0.25) is 17.7 Å². The maximum Gasteiger partial charge on any atom is 0.228 e. The van der Waals surface area contributed by atoms with E-state index in [2.05, 4.69) is 12.2 Å². The van der Waals surface area contributed by atoms with Crippen molar-refractivity contribution in [2.24, 2.45) is 11.8 Å². The number of benzene rings is 1. The number of likely N-dealkylation sites (tertiary alicyclic amines) is 1. The number of hydrogen-bond donors (Lipinski definition) is 1. The van der Waals surface area contributed by atoms with Crippen LogP contribution in [0.1, 0.15) is 52.0 Å². The Labute approximate surface area is 173 Å². The monoisotopic (exact) mass is 399 g/mol. The number of carbonyl (C=O) groups excluding carboxylic acids is 3. The van der Waals surface area contributed by atoms with Gasteiger partial charge in [0, 0.05) is 43.2 Å². The van der Waals surface area contributed by atoms with Gasteiger partial charge in [-0.2, -0.15) is 0 Å². The van der Waals surface area contributed by atoms with E-state index in [1.807, 2.05) is 49.9 Å². The molecule has 2 saturated heterocycles. The Kier molecular flexibility index (Phi) is 6.30. The number of nitrogens with zero attached hydrogens (tertiary/aromatic N) is 2. The number of piperidine rings is 1. The number of hydrogen-bond acceptors (Lipinski definition) is 3. The molecule has 0 aliphatic carbocycles. The minimum atomic E-state index is -0.298. The van der Waals surface area contributed by atoms with E-state index in [9.17, 15) is 14.4 Å². The van der Waals surface area contributed by atoms with Crippen molar-refractivity contribution in [1.82, 2.24) is 10.2 Å². The summed E-state index contributed by atoms with van der Waals surface area (Å²) in [5.41, 5.74) is 1.79. The van der Waals surface area contributed by atoms with Gasteiger partial charge in [0.15, 0.2) is 0 Å². The zero-order valence-corrected chi connectivity index (χ0v) is 18.0. The second-order valence-electron chi connectivity index (χ2n) is 9.07. The van der Waals surface area contributed by atoms with Crippen molar-refractivity contribution >= 4 is 23.4 Å². The van der Waals surface area contributed by atoms with Crippen LogP contribution in [0.25, 0.3) is 0 Å². The van der Waals surface area contributed by atoms with Gasteiger partial charge < -0.3 is 15.1 Å². The minimum Gasteiger partial charge on any atom is -0.351 e. The van der Waals surface area contributed by atoms with E-state index in [1.54, 1.807) is 4.90 Å². The second kappa shape index (κ2) is 8.56. The number of amides is 3. The number of nitrogens with one attached hydrogen (secondary N) is 1. The first-order chi connectivity index (χ1) is 13.7. The summed E-state index contributed by atoms with van der Waals surface area (Å²) < 4.78 is 0. The third kappa shape index (κ3) is 4.98. The normalized spacial score (nSPS) is 20.8. The molecule has 2 aliphatic heterocycles. The molecule has 1 aromatic carbocycles. The molecule has 0 unspecified atom stereocenters. The van der Waals surface area contributed by atoms with Crippen LogP contribution in [0.15, 0.2) is 24.3 Å². The minimum absolute atomic E-state index is 0.00302. The summed E-state index contributed by atoms with van der Waals surface area (Å²) in [6.45, 7) is 9.73. The third-order valence-electron chi connectivity index (χ3n) is 6.34. The highest BCUT2D eigenvalue weighted by atomic mass is 16.2. The number of aryl methyl sites for hydroxylation is 1. The molecule has 6 nitrogen and oxygen atoms in total. The van der Waals surface area contributed by atoms with E-state index in [4.69, 9.17) is 0 Å². The SMILES string of the molecule is CCC(C)(C)NC(=O)C1CCN(C(=O)[C@H]2CC(=O)N(c3ccc(C)cc3)C2)CC1. The summed E-state index contributed by atoms with van der Waals surface area (Å²) in [5, 5.41) is 3.11. The van der Waals surface area contributed by atoms with Crippen LogP contribution >= 0.6 is 0 Å². The molecule has 3 amide bonds. The molecule has 1 aromatic rings. The summed E-state index contributed by atoms with van der Waals surface area (Å²) in [5.74, 6) is -0.207. The van der Waals surface area contributed by atoms with Crippen LogP contribution in [-0.2, 0) is 14.4 Å². The summed E-state index contributed by atoms with van der Waals surface area (Å²) in [4.78, 5) is 41.5. The van der Waals surface area contributed by atoms with Crippen LogP contribution in [0.5, 0.6) is 0 Å². The molecule has 0 saturated carbocycles. The lowest BCUT2D eigenvalue weighted by atomic mass is 9.92. The Morgan fingerprint density at radius 3 is 2.31 bits per heavy atom. The molecule has 2 heterocycles. The van der Waals surface area contributed by atoms with Crippen molar-refractivity contribution in [3.05, 3.63) is 29.8 Å². The van der Waals surface area contributed by atoms with E-state index in [0.717, 1.165) is 17.7 Å². The molecule has 1 atom stereocenters. The van der Waals surface area contributed by atoms with Gasteiger partial charge in [0.1, 0.15) is 0 Å². The van der Waals surface area contributed by atoms with Gasteiger partial charge in [-0.1, -0.05) is 24.6 Å². The van der Waals surface area contributed by atoms with E-state index < -0.39 is 0 Å². The molecule has 3 rings (SSSR count). The fourth-order valence-corrected chi connectivity index (χ4v) is 3.99. The lowest BCUT2D eigenvalue weighted by molar-refractivity contribution is -0.139. The maximum absolute atomic E-state index is 13.0. The first-order valence-electron chi connectivity index (χ1n) is 10.7. The van der Waals surface area contributed by atoms with Crippen LogP contribution < -0.4 is 10.2 Å². The molecule has 29 heavy (non-hydrogen) atoms. The predicted octanol–water partition coefficient (Wildman–Crippen LogP) is 2.89. The number of rotatable bonds is 5. The molecule has 1 N–H and O–H groups in total. The molecule has 158 valence electrons. The molecule has 0 aromatic heterocycles. The molecular formula is C23H33N3O3. The molecule has 0 spiro atoms. The van der Waals surface area contributed by atoms with Crippen LogP contribution in [0.4, 0.5) is 5.69 Å². The summed E-state index contributed by atoms with van der Waals surface area (Å²) >= 11 is 0. The first-order valence-corrected chi connectivity index (χ1v) is 10.7. The molecule has 2 aliphatic rings. The van der Waals surface area contributed by atoms with E-state index >= 15 is 0 Å². The first kappa shape index (κ1) is 21.3. The quantitative estimate of drug-likeness (QED) is 0.828. The average molecular weight is 400 g/mol. The van der Waals surface area contributed by atoms with E-state index in [-0.39, 0.29) is 41.5 Å². The van der Waals surface area contributed by atoms with Gasteiger partial charge in [-0.05, 0) is 52.2 Å². The molecular weight excluding hydrogens is 366 g/mol. The highest BCUT2D eigenvalue weighted by molar-refractivity contribution is 6.00. The summed E-state index contributed by atoms with van der Waals surface area (Å²) in [7, 11) is 0. The third-order valence-corrected chi connectivity index (χ3v) is 6.34.